The summed E-state index contributed by atoms with van der Waals surface area (Å²) in [6, 6.07) is 7.10. The van der Waals surface area contributed by atoms with Crippen molar-refractivity contribution in [3.63, 3.8) is 0 Å². The summed E-state index contributed by atoms with van der Waals surface area (Å²) in [6.07, 6.45) is 0.642. The van der Waals surface area contributed by atoms with Crippen LogP contribution in [0, 0.1) is 5.41 Å². The fourth-order valence-electron chi connectivity index (χ4n) is 1.38. The number of benzene rings is 1. The number of ether oxygens (including phenoxy) is 3. The average molecular weight is 368 g/mol. The van der Waals surface area contributed by atoms with Gasteiger partial charge in [0.25, 0.3) is 0 Å². The lowest BCUT2D eigenvalue weighted by atomic mass is 10.1. The molecular formula is C18H28N2O6. The van der Waals surface area contributed by atoms with Crippen molar-refractivity contribution in [2.45, 2.75) is 34.2 Å². The van der Waals surface area contributed by atoms with Gasteiger partial charge in [-0.2, -0.15) is 0 Å². The number of rotatable bonds is 6. The highest BCUT2D eigenvalue weighted by Gasteiger charge is 2.04. The second kappa shape index (κ2) is 17.1. The maximum absolute atomic E-state index is 11.2. The predicted molar refractivity (Wildman–Crippen MR) is 98.0 cm³/mol. The molecule has 8 heteroatoms. The van der Waals surface area contributed by atoms with Gasteiger partial charge in [0.05, 0.1) is 25.4 Å². The Morgan fingerprint density at radius 2 is 1.46 bits per heavy atom. The molecule has 8 nitrogen and oxygen atoms in total. The highest BCUT2D eigenvalue weighted by molar-refractivity contribution is 6.21. The topological polar surface area (TPSA) is 129 Å². The van der Waals surface area contributed by atoms with Crippen LogP contribution in [0.15, 0.2) is 24.3 Å². The highest BCUT2D eigenvalue weighted by atomic mass is 16.5. The van der Waals surface area contributed by atoms with Gasteiger partial charge in [0.2, 0.25) is 0 Å². The SMILES string of the molecule is CCOC(=O)C=N.CCOC(=O)c1ccc(CN)cc1.CCOC(C)=O. The Labute approximate surface area is 154 Å². The minimum absolute atomic E-state index is 0.211. The molecule has 0 fully saturated rings. The minimum atomic E-state index is -0.581. The number of carbonyl (C=O) groups is 3. The summed E-state index contributed by atoms with van der Waals surface area (Å²) in [6.45, 7) is 8.36. The standard InChI is InChI=1S/C10H13NO2.C4H7NO2.C4H8O2/c1-2-13-10(12)9-5-3-8(7-11)4-6-9;1-2-7-4(6)3-5;1-3-6-4(2)5/h3-6H,2,7,11H2,1H3;3,5H,2H2,1H3;3H2,1-2H3. The number of nitrogens with one attached hydrogen (secondary N) is 1. The van der Waals surface area contributed by atoms with E-state index >= 15 is 0 Å². The highest BCUT2D eigenvalue weighted by Crippen LogP contribution is 2.05. The van der Waals surface area contributed by atoms with Crippen LogP contribution < -0.4 is 5.73 Å². The van der Waals surface area contributed by atoms with Crippen LogP contribution >= 0.6 is 0 Å². The van der Waals surface area contributed by atoms with Crippen LogP contribution in [0.25, 0.3) is 0 Å². The Kier molecular flexibility index (Phi) is 16.8. The van der Waals surface area contributed by atoms with Gasteiger partial charge in [-0.3, -0.25) is 4.79 Å². The molecule has 0 aliphatic heterocycles. The van der Waals surface area contributed by atoms with E-state index in [1.165, 1.54) is 6.92 Å². The Hall–Kier alpha value is -2.74. The van der Waals surface area contributed by atoms with E-state index in [2.05, 4.69) is 9.47 Å². The van der Waals surface area contributed by atoms with Crippen LogP contribution in [0.4, 0.5) is 0 Å². The fraction of sp³-hybridized carbons (Fsp3) is 0.444. The molecule has 0 unspecified atom stereocenters. The largest absolute Gasteiger partial charge is 0.466 e. The van der Waals surface area contributed by atoms with Gasteiger partial charge < -0.3 is 25.4 Å². The van der Waals surface area contributed by atoms with Crippen molar-refractivity contribution in [3.05, 3.63) is 35.4 Å². The first-order valence-corrected chi connectivity index (χ1v) is 8.12. The average Bonchev–Trinajstić information content (AvgIpc) is 2.63. The number of carbonyl (C=O) groups excluding carboxylic acids is 3. The maximum atomic E-state index is 11.2. The number of hydrogen-bond donors (Lipinski definition) is 2. The van der Waals surface area contributed by atoms with Gasteiger partial charge >= 0.3 is 17.9 Å². The summed E-state index contributed by atoms with van der Waals surface area (Å²) in [4.78, 5) is 31.0. The molecule has 0 amide bonds. The molecule has 0 bridgehead atoms. The van der Waals surface area contributed by atoms with Gasteiger partial charge in [-0.05, 0) is 38.5 Å². The van der Waals surface area contributed by atoms with E-state index < -0.39 is 5.97 Å². The Morgan fingerprint density at radius 3 is 1.73 bits per heavy atom. The second-order valence-corrected chi connectivity index (χ2v) is 4.44. The van der Waals surface area contributed by atoms with Crippen LogP contribution in [0.2, 0.25) is 0 Å². The molecule has 0 aromatic heterocycles. The Morgan fingerprint density at radius 1 is 0.962 bits per heavy atom. The normalized spacial score (nSPS) is 8.65. The van der Waals surface area contributed by atoms with E-state index in [1.54, 1.807) is 32.9 Å². The molecule has 1 aromatic rings. The molecule has 0 radical (unpaired) electrons. The third-order valence-corrected chi connectivity index (χ3v) is 2.45. The number of hydrogen-bond acceptors (Lipinski definition) is 8. The van der Waals surface area contributed by atoms with Gasteiger partial charge in [0, 0.05) is 13.5 Å². The van der Waals surface area contributed by atoms with Crippen molar-refractivity contribution in [3.8, 4) is 0 Å². The van der Waals surface area contributed by atoms with Crippen molar-refractivity contribution in [2.75, 3.05) is 19.8 Å². The van der Waals surface area contributed by atoms with Crippen molar-refractivity contribution >= 4 is 24.1 Å². The smallest absolute Gasteiger partial charge is 0.348 e. The zero-order chi connectivity index (χ0) is 20.4. The molecular weight excluding hydrogens is 340 g/mol. The van der Waals surface area contributed by atoms with Gasteiger partial charge in [-0.25, -0.2) is 9.59 Å². The Bertz CT molecular complexity index is 543. The molecule has 0 atom stereocenters. The predicted octanol–water partition coefficient (Wildman–Crippen LogP) is 2.09. The quantitative estimate of drug-likeness (QED) is 0.447. The van der Waals surface area contributed by atoms with E-state index in [0.29, 0.717) is 38.1 Å². The first kappa shape index (κ1) is 25.5. The molecule has 3 N–H and O–H groups in total. The van der Waals surface area contributed by atoms with Gasteiger partial charge in [0.15, 0.2) is 0 Å². The summed E-state index contributed by atoms with van der Waals surface area (Å²) in [5, 5.41) is 6.31. The second-order valence-electron chi connectivity index (χ2n) is 4.44. The monoisotopic (exact) mass is 368 g/mol. The van der Waals surface area contributed by atoms with Crippen LogP contribution in [-0.2, 0) is 30.3 Å². The maximum Gasteiger partial charge on any atom is 0.348 e. The molecule has 0 saturated carbocycles. The molecule has 0 saturated heterocycles. The van der Waals surface area contributed by atoms with Crippen LogP contribution in [0.5, 0.6) is 0 Å². The molecule has 0 aliphatic rings. The fourth-order valence-corrected chi connectivity index (χ4v) is 1.38. The summed E-state index contributed by atoms with van der Waals surface area (Å²) in [7, 11) is 0. The zero-order valence-corrected chi connectivity index (χ0v) is 15.7. The molecule has 146 valence electrons. The van der Waals surface area contributed by atoms with Crippen molar-refractivity contribution in [2.24, 2.45) is 5.73 Å². The van der Waals surface area contributed by atoms with Gasteiger partial charge in [0.1, 0.15) is 6.21 Å². The van der Waals surface area contributed by atoms with Crippen molar-refractivity contribution in [1.82, 2.24) is 0 Å². The third-order valence-electron chi connectivity index (χ3n) is 2.45. The van der Waals surface area contributed by atoms with E-state index in [1.807, 2.05) is 12.1 Å². The Balaban J connectivity index is 0. The summed E-state index contributed by atoms with van der Waals surface area (Å²) in [5.74, 6) is -1.08. The zero-order valence-electron chi connectivity index (χ0n) is 15.7. The number of esters is 3. The molecule has 0 aliphatic carbocycles. The van der Waals surface area contributed by atoms with Crippen LogP contribution in [-0.4, -0.2) is 43.9 Å². The van der Waals surface area contributed by atoms with Crippen LogP contribution in [0.3, 0.4) is 0 Å². The molecule has 1 aromatic carbocycles. The lowest BCUT2D eigenvalue weighted by molar-refractivity contribution is -0.140. The summed E-state index contributed by atoms with van der Waals surface area (Å²) >= 11 is 0. The van der Waals surface area contributed by atoms with E-state index in [-0.39, 0.29) is 11.9 Å². The van der Waals surface area contributed by atoms with E-state index in [4.69, 9.17) is 15.9 Å². The van der Waals surface area contributed by atoms with Gasteiger partial charge in [-0.1, -0.05) is 12.1 Å². The number of nitrogens with two attached hydrogens (primary N) is 1. The first-order valence-electron chi connectivity index (χ1n) is 8.12. The molecule has 0 spiro atoms. The van der Waals surface area contributed by atoms with Gasteiger partial charge in [-0.15, -0.1) is 0 Å². The summed E-state index contributed by atoms with van der Waals surface area (Å²) < 4.78 is 13.5. The van der Waals surface area contributed by atoms with E-state index in [0.717, 1.165) is 5.56 Å². The molecule has 1 rings (SSSR count). The first-order chi connectivity index (χ1) is 12.4. The third kappa shape index (κ3) is 14.8. The van der Waals surface area contributed by atoms with Crippen molar-refractivity contribution in [1.29, 1.82) is 5.41 Å². The van der Waals surface area contributed by atoms with Crippen LogP contribution in [0.1, 0.15) is 43.6 Å². The lowest BCUT2D eigenvalue weighted by Crippen LogP contribution is -2.05. The van der Waals surface area contributed by atoms with E-state index in [9.17, 15) is 14.4 Å². The minimum Gasteiger partial charge on any atom is -0.466 e. The molecule has 26 heavy (non-hydrogen) atoms. The lowest BCUT2D eigenvalue weighted by Gasteiger charge is -2.01. The van der Waals surface area contributed by atoms with Crippen molar-refractivity contribution < 1.29 is 28.6 Å². The molecule has 0 heterocycles. The summed E-state index contributed by atoms with van der Waals surface area (Å²) in [5.41, 5.74) is 6.99.